The minimum Gasteiger partial charge on any atom is -0.455 e. The van der Waals surface area contributed by atoms with Gasteiger partial charge in [0.2, 0.25) is 11.8 Å². The monoisotopic (exact) mass is 392 g/mol. The molecule has 5 rings (SSSR count). The first-order chi connectivity index (χ1) is 14.2. The van der Waals surface area contributed by atoms with Gasteiger partial charge in [-0.05, 0) is 37.1 Å². The molecule has 0 spiro atoms. The number of likely N-dealkylation sites (N-methyl/N-ethyl adjacent to an activating group) is 1. The Hall–Kier alpha value is -2.90. The number of carbonyl (C=O) groups is 1. The standard InChI is InChI=1S/C22H24N4O3/c1-26-12-16(14-9-10-24-19(14)22(26)27)15-7-8-17-20(25-18(11-23)29-17)21(15)28-13-5-3-2-4-6-13/h2-8,14,16,19,24H,9-12,23H2,1H3. The molecular weight excluding hydrogens is 368 g/mol. The van der Waals surface area contributed by atoms with Crippen molar-refractivity contribution >= 4 is 17.0 Å². The quantitative estimate of drug-likeness (QED) is 0.709. The van der Waals surface area contributed by atoms with Crippen LogP contribution in [-0.4, -0.2) is 42.0 Å². The van der Waals surface area contributed by atoms with Gasteiger partial charge in [0, 0.05) is 25.1 Å². The van der Waals surface area contributed by atoms with Gasteiger partial charge in [0.1, 0.15) is 5.75 Å². The summed E-state index contributed by atoms with van der Waals surface area (Å²) in [5, 5.41) is 3.38. The zero-order chi connectivity index (χ0) is 20.0. The van der Waals surface area contributed by atoms with Crippen LogP contribution in [0.2, 0.25) is 0 Å². The van der Waals surface area contributed by atoms with E-state index in [4.69, 9.17) is 14.9 Å². The molecule has 2 aliphatic heterocycles. The van der Waals surface area contributed by atoms with E-state index in [1.165, 1.54) is 0 Å². The van der Waals surface area contributed by atoms with E-state index in [-0.39, 0.29) is 30.3 Å². The Morgan fingerprint density at radius 3 is 2.90 bits per heavy atom. The van der Waals surface area contributed by atoms with E-state index in [1.807, 2.05) is 48.3 Å². The lowest BCUT2D eigenvalue weighted by Crippen LogP contribution is -2.52. The van der Waals surface area contributed by atoms with Crippen molar-refractivity contribution in [1.82, 2.24) is 15.2 Å². The van der Waals surface area contributed by atoms with E-state index in [0.29, 0.717) is 29.3 Å². The molecule has 7 heteroatoms. The van der Waals surface area contributed by atoms with Crippen molar-refractivity contribution in [3.63, 3.8) is 0 Å². The van der Waals surface area contributed by atoms with Crippen molar-refractivity contribution in [2.24, 2.45) is 11.7 Å². The molecule has 2 aromatic carbocycles. The Labute approximate surface area is 168 Å². The number of likely N-dealkylation sites (tertiary alicyclic amines) is 1. The molecular formula is C22H24N4O3. The number of hydrogen-bond donors (Lipinski definition) is 2. The van der Waals surface area contributed by atoms with Crippen LogP contribution in [0, 0.1) is 5.92 Å². The van der Waals surface area contributed by atoms with Crippen LogP contribution in [0.5, 0.6) is 11.5 Å². The van der Waals surface area contributed by atoms with E-state index in [2.05, 4.69) is 16.4 Å². The highest BCUT2D eigenvalue weighted by atomic mass is 16.5. The Bertz CT molecular complexity index is 1050. The number of aromatic nitrogens is 1. The number of ether oxygens (including phenoxy) is 1. The fourth-order valence-electron chi connectivity index (χ4n) is 4.64. The first-order valence-electron chi connectivity index (χ1n) is 9.99. The van der Waals surface area contributed by atoms with Crippen LogP contribution in [0.25, 0.3) is 11.1 Å². The fourth-order valence-corrected chi connectivity index (χ4v) is 4.64. The van der Waals surface area contributed by atoms with Crippen molar-refractivity contribution in [1.29, 1.82) is 0 Å². The Morgan fingerprint density at radius 1 is 1.28 bits per heavy atom. The van der Waals surface area contributed by atoms with Gasteiger partial charge in [0.25, 0.3) is 0 Å². The molecule has 29 heavy (non-hydrogen) atoms. The Balaban J connectivity index is 1.64. The molecule has 7 nitrogen and oxygen atoms in total. The van der Waals surface area contributed by atoms with E-state index in [1.54, 1.807) is 0 Å². The fraction of sp³-hybridized carbons (Fsp3) is 0.364. The number of para-hydroxylation sites is 1. The second-order valence-electron chi connectivity index (χ2n) is 7.77. The minimum absolute atomic E-state index is 0.143. The maximum atomic E-state index is 12.6. The second kappa shape index (κ2) is 7.17. The Morgan fingerprint density at radius 2 is 2.10 bits per heavy atom. The molecule has 3 N–H and O–H groups in total. The van der Waals surface area contributed by atoms with Gasteiger partial charge in [-0.15, -0.1) is 0 Å². The average Bonchev–Trinajstić information content (AvgIpc) is 3.39. The molecule has 150 valence electrons. The van der Waals surface area contributed by atoms with Gasteiger partial charge >= 0.3 is 0 Å². The van der Waals surface area contributed by atoms with Gasteiger partial charge in [-0.1, -0.05) is 24.3 Å². The third-order valence-corrected chi connectivity index (χ3v) is 6.03. The van der Waals surface area contributed by atoms with Crippen LogP contribution in [0.15, 0.2) is 46.9 Å². The lowest BCUT2D eigenvalue weighted by molar-refractivity contribution is -0.136. The van der Waals surface area contributed by atoms with E-state index in [0.717, 1.165) is 24.3 Å². The maximum Gasteiger partial charge on any atom is 0.239 e. The smallest absolute Gasteiger partial charge is 0.239 e. The summed E-state index contributed by atoms with van der Waals surface area (Å²) in [7, 11) is 1.87. The molecule has 3 aromatic rings. The summed E-state index contributed by atoms with van der Waals surface area (Å²) in [6.45, 7) is 1.73. The number of hydrogen-bond acceptors (Lipinski definition) is 6. The Kier molecular flexibility index (Phi) is 4.49. The summed E-state index contributed by atoms with van der Waals surface area (Å²) in [6, 6.07) is 13.5. The first kappa shape index (κ1) is 18.1. The van der Waals surface area contributed by atoms with Crippen molar-refractivity contribution in [3.05, 3.63) is 53.9 Å². The predicted molar refractivity (Wildman–Crippen MR) is 109 cm³/mol. The highest BCUT2D eigenvalue weighted by Crippen LogP contribution is 2.44. The summed E-state index contributed by atoms with van der Waals surface area (Å²) < 4.78 is 12.1. The van der Waals surface area contributed by atoms with E-state index < -0.39 is 0 Å². The third kappa shape index (κ3) is 3.07. The van der Waals surface area contributed by atoms with Crippen LogP contribution in [0.4, 0.5) is 0 Å². The van der Waals surface area contributed by atoms with Gasteiger partial charge < -0.3 is 25.1 Å². The van der Waals surface area contributed by atoms with Gasteiger partial charge in [0.05, 0.1) is 12.6 Å². The van der Waals surface area contributed by atoms with Crippen LogP contribution >= 0.6 is 0 Å². The lowest BCUT2D eigenvalue weighted by atomic mass is 9.77. The zero-order valence-corrected chi connectivity index (χ0v) is 16.3. The molecule has 2 aliphatic rings. The molecule has 3 atom stereocenters. The summed E-state index contributed by atoms with van der Waals surface area (Å²) in [5.74, 6) is 2.46. The van der Waals surface area contributed by atoms with E-state index in [9.17, 15) is 4.79 Å². The number of oxazole rings is 1. The molecule has 1 amide bonds. The number of rotatable bonds is 4. The average molecular weight is 392 g/mol. The van der Waals surface area contributed by atoms with Crippen molar-refractivity contribution in [2.45, 2.75) is 24.9 Å². The van der Waals surface area contributed by atoms with Crippen molar-refractivity contribution in [3.8, 4) is 11.5 Å². The number of amides is 1. The summed E-state index contributed by atoms with van der Waals surface area (Å²) in [6.07, 6.45) is 0.963. The number of fused-ring (bicyclic) bond motifs is 2. The largest absolute Gasteiger partial charge is 0.455 e. The van der Waals surface area contributed by atoms with Crippen LogP contribution in [-0.2, 0) is 11.3 Å². The van der Waals surface area contributed by atoms with Gasteiger partial charge in [-0.3, -0.25) is 4.79 Å². The van der Waals surface area contributed by atoms with Gasteiger partial charge in [-0.25, -0.2) is 4.98 Å². The highest BCUT2D eigenvalue weighted by molar-refractivity contribution is 5.85. The van der Waals surface area contributed by atoms with Crippen molar-refractivity contribution in [2.75, 3.05) is 20.1 Å². The molecule has 0 saturated carbocycles. The molecule has 3 unspecified atom stereocenters. The highest BCUT2D eigenvalue weighted by Gasteiger charge is 2.45. The number of nitrogens with one attached hydrogen (secondary N) is 1. The molecule has 3 heterocycles. The number of nitrogens with zero attached hydrogens (tertiary/aromatic N) is 2. The third-order valence-electron chi connectivity index (χ3n) is 6.03. The summed E-state index contributed by atoms with van der Waals surface area (Å²) in [5.41, 5.74) is 8.13. The molecule has 2 saturated heterocycles. The molecule has 0 aliphatic carbocycles. The number of piperidine rings is 1. The second-order valence-corrected chi connectivity index (χ2v) is 7.77. The molecule has 0 radical (unpaired) electrons. The molecule has 1 aromatic heterocycles. The number of benzene rings is 2. The molecule has 2 fully saturated rings. The van der Waals surface area contributed by atoms with Gasteiger partial charge in [-0.2, -0.15) is 0 Å². The predicted octanol–water partition coefficient (Wildman–Crippen LogP) is 2.61. The topological polar surface area (TPSA) is 93.6 Å². The van der Waals surface area contributed by atoms with Crippen LogP contribution < -0.4 is 15.8 Å². The van der Waals surface area contributed by atoms with E-state index >= 15 is 0 Å². The van der Waals surface area contributed by atoms with Crippen LogP contribution in [0.3, 0.4) is 0 Å². The minimum atomic E-state index is -0.143. The SMILES string of the molecule is CN1CC(c2ccc3oc(CN)nc3c2Oc2ccccc2)C2CCNC2C1=O. The lowest BCUT2D eigenvalue weighted by Gasteiger charge is -2.39. The number of carbonyl (C=O) groups excluding carboxylic acids is 1. The first-order valence-corrected chi connectivity index (χ1v) is 9.99. The zero-order valence-electron chi connectivity index (χ0n) is 16.3. The number of nitrogens with two attached hydrogens (primary N) is 1. The maximum absolute atomic E-state index is 12.6. The van der Waals surface area contributed by atoms with Gasteiger partial charge in [0.15, 0.2) is 16.8 Å². The molecule has 0 bridgehead atoms. The summed E-state index contributed by atoms with van der Waals surface area (Å²) in [4.78, 5) is 19.0. The van der Waals surface area contributed by atoms with Crippen molar-refractivity contribution < 1.29 is 13.9 Å². The van der Waals surface area contributed by atoms with Crippen LogP contribution in [0.1, 0.15) is 23.8 Å². The normalized spacial score (nSPS) is 24.1. The summed E-state index contributed by atoms with van der Waals surface area (Å²) >= 11 is 0.